The van der Waals surface area contributed by atoms with Gasteiger partial charge in [-0.3, -0.25) is 9.36 Å². The molecule has 20 heavy (non-hydrogen) atoms. The van der Waals surface area contributed by atoms with Gasteiger partial charge >= 0.3 is 0 Å². The Morgan fingerprint density at radius 1 is 1.15 bits per heavy atom. The minimum Gasteiger partial charge on any atom is -0.287 e. The van der Waals surface area contributed by atoms with E-state index < -0.39 is 0 Å². The lowest BCUT2D eigenvalue weighted by molar-refractivity contribution is 0.774. The molecule has 0 saturated carbocycles. The molecule has 1 aromatic carbocycles. The smallest absolute Gasteiger partial charge is 0.282 e. The Kier molecular flexibility index (Phi) is 3.09. The second-order valence-corrected chi connectivity index (χ2v) is 4.23. The van der Waals surface area contributed by atoms with E-state index in [-0.39, 0.29) is 11.1 Å². The van der Waals surface area contributed by atoms with Crippen LogP contribution in [0.25, 0.3) is 22.6 Å². The van der Waals surface area contributed by atoms with Crippen molar-refractivity contribution in [3.63, 3.8) is 0 Å². The summed E-state index contributed by atoms with van der Waals surface area (Å²) in [6, 6.07) is 9.54. The highest BCUT2D eigenvalue weighted by Gasteiger charge is 2.12. The maximum Gasteiger partial charge on any atom is 0.282 e. The van der Waals surface area contributed by atoms with Crippen LogP contribution in [-0.4, -0.2) is 19.5 Å². The first kappa shape index (κ1) is 12.2. The number of aromatic nitrogens is 4. The predicted molar refractivity (Wildman–Crippen MR) is 77.2 cm³/mol. The molecule has 0 N–H and O–H groups in total. The molecule has 0 aliphatic heterocycles. The van der Waals surface area contributed by atoms with Crippen LogP contribution >= 0.6 is 0 Å². The van der Waals surface area contributed by atoms with Crippen LogP contribution in [-0.2, 0) is 6.54 Å². The molecule has 2 heterocycles. The summed E-state index contributed by atoms with van der Waals surface area (Å²) in [6.45, 7) is 4.07. The largest absolute Gasteiger partial charge is 0.287 e. The lowest BCUT2D eigenvalue weighted by atomic mass is 10.2. The molecule has 0 bridgehead atoms. The molecular formula is C15H12N4O. The molecule has 98 valence electrons. The van der Waals surface area contributed by atoms with Gasteiger partial charge in [-0.05, 0) is 0 Å². The Morgan fingerprint density at radius 2 is 1.90 bits per heavy atom. The monoisotopic (exact) mass is 264 g/mol. The van der Waals surface area contributed by atoms with E-state index in [1.807, 2.05) is 30.3 Å². The first-order valence-electron chi connectivity index (χ1n) is 6.19. The quantitative estimate of drug-likeness (QED) is 0.679. The van der Waals surface area contributed by atoms with Crippen LogP contribution < -0.4 is 5.56 Å². The average molecular weight is 264 g/mol. The molecule has 2 aromatic heterocycles. The van der Waals surface area contributed by atoms with Gasteiger partial charge in [-0.15, -0.1) is 6.58 Å². The molecular weight excluding hydrogens is 252 g/mol. The fraction of sp³-hybridized carbons (Fsp3) is 0.0667. The van der Waals surface area contributed by atoms with Gasteiger partial charge in [0.15, 0.2) is 11.2 Å². The van der Waals surface area contributed by atoms with Crippen LogP contribution in [0.3, 0.4) is 0 Å². The fourth-order valence-corrected chi connectivity index (χ4v) is 2.05. The van der Waals surface area contributed by atoms with E-state index in [1.54, 1.807) is 10.6 Å². The fourth-order valence-electron chi connectivity index (χ4n) is 2.05. The highest BCUT2D eigenvalue weighted by Crippen LogP contribution is 2.16. The van der Waals surface area contributed by atoms with Crippen LogP contribution in [0.2, 0.25) is 0 Å². The van der Waals surface area contributed by atoms with E-state index in [0.717, 1.165) is 5.56 Å². The molecule has 3 aromatic rings. The standard InChI is InChI=1S/C15H12N4O/c1-2-10-19-14(11-6-4-3-5-7-11)18-13-12(15(19)20)16-8-9-17-13/h2-9H,1,10H2. The summed E-state index contributed by atoms with van der Waals surface area (Å²) >= 11 is 0. The maximum atomic E-state index is 12.5. The van der Waals surface area contributed by atoms with Gasteiger partial charge in [0.25, 0.3) is 5.56 Å². The summed E-state index contributed by atoms with van der Waals surface area (Å²) in [4.78, 5) is 25.1. The van der Waals surface area contributed by atoms with Gasteiger partial charge in [0.1, 0.15) is 5.82 Å². The zero-order valence-corrected chi connectivity index (χ0v) is 10.7. The Bertz CT molecular complexity index is 824. The number of allylic oxidation sites excluding steroid dienone is 1. The van der Waals surface area contributed by atoms with Gasteiger partial charge in [0.05, 0.1) is 0 Å². The van der Waals surface area contributed by atoms with Crippen molar-refractivity contribution in [2.45, 2.75) is 6.54 Å². The molecule has 3 rings (SSSR count). The van der Waals surface area contributed by atoms with Gasteiger partial charge in [0, 0.05) is 24.5 Å². The van der Waals surface area contributed by atoms with Gasteiger partial charge in [-0.1, -0.05) is 36.4 Å². The van der Waals surface area contributed by atoms with E-state index in [4.69, 9.17) is 0 Å². The average Bonchev–Trinajstić information content (AvgIpc) is 2.51. The number of fused-ring (bicyclic) bond motifs is 1. The summed E-state index contributed by atoms with van der Waals surface area (Å²) in [7, 11) is 0. The number of rotatable bonds is 3. The Hall–Kier alpha value is -2.82. The molecule has 0 atom stereocenters. The van der Waals surface area contributed by atoms with Crippen LogP contribution in [0.15, 0.2) is 60.2 Å². The van der Waals surface area contributed by atoms with Crippen molar-refractivity contribution in [2.24, 2.45) is 0 Å². The van der Waals surface area contributed by atoms with Crippen LogP contribution in [0, 0.1) is 0 Å². The van der Waals surface area contributed by atoms with Crippen molar-refractivity contribution in [1.82, 2.24) is 19.5 Å². The zero-order chi connectivity index (χ0) is 13.9. The lowest BCUT2D eigenvalue weighted by Gasteiger charge is -2.10. The van der Waals surface area contributed by atoms with Crippen molar-refractivity contribution in [3.05, 3.63) is 65.7 Å². The third kappa shape index (κ3) is 1.99. The highest BCUT2D eigenvalue weighted by molar-refractivity contribution is 5.71. The molecule has 5 nitrogen and oxygen atoms in total. The SMILES string of the molecule is C=CCn1c(-c2ccccc2)nc2nccnc2c1=O. The van der Waals surface area contributed by atoms with E-state index in [0.29, 0.717) is 18.0 Å². The molecule has 0 fully saturated rings. The second kappa shape index (κ2) is 5.05. The summed E-state index contributed by atoms with van der Waals surface area (Å²) in [5.41, 5.74) is 1.28. The number of hydrogen-bond donors (Lipinski definition) is 0. The van der Waals surface area contributed by atoms with Crippen LogP contribution in [0.1, 0.15) is 0 Å². The van der Waals surface area contributed by atoms with Gasteiger partial charge in [-0.2, -0.15) is 0 Å². The van der Waals surface area contributed by atoms with Crippen molar-refractivity contribution < 1.29 is 0 Å². The summed E-state index contributed by atoms with van der Waals surface area (Å²) in [6.07, 6.45) is 4.69. The topological polar surface area (TPSA) is 60.7 Å². The molecule has 0 aliphatic carbocycles. The molecule has 5 heteroatoms. The minimum atomic E-state index is -0.207. The van der Waals surface area contributed by atoms with Crippen molar-refractivity contribution >= 4 is 11.2 Å². The first-order chi connectivity index (χ1) is 9.81. The maximum absolute atomic E-state index is 12.5. The normalized spacial score (nSPS) is 10.6. The van der Waals surface area contributed by atoms with Gasteiger partial charge in [0.2, 0.25) is 0 Å². The van der Waals surface area contributed by atoms with E-state index in [1.165, 1.54) is 12.4 Å². The molecule has 0 aliphatic rings. The van der Waals surface area contributed by atoms with E-state index >= 15 is 0 Å². The number of hydrogen-bond acceptors (Lipinski definition) is 4. The highest BCUT2D eigenvalue weighted by atomic mass is 16.1. The summed E-state index contributed by atoms with van der Waals surface area (Å²) in [5, 5.41) is 0. The summed E-state index contributed by atoms with van der Waals surface area (Å²) < 4.78 is 1.55. The molecule has 0 unspecified atom stereocenters. The van der Waals surface area contributed by atoms with Crippen molar-refractivity contribution in [2.75, 3.05) is 0 Å². The van der Waals surface area contributed by atoms with E-state index in [2.05, 4.69) is 21.5 Å². The number of benzene rings is 1. The molecule has 0 amide bonds. The minimum absolute atomic E-state index is 0.207. The van der Waals surface area contributed by atoms with Crippen molar-refractivity contribution in [1.29, 1.82) is 0 Å². The Labute approximate surface area is 115 Å². The van der Waals surface area contributed by atoms with Crippen molar-refractivity contribution in [3.8, 4) is 11.4 Å². The Morgan fingerprint density at radius 3 is 2.65 bits per heavy atom. The third-order valence-electron chi connectivity index (χ3n) is 2.94. The van der Waals surface area contributed by atoms with Gasteiger partial charge < -0.3 is 0 Å². The number of nitrogens with zero attached hydrogens (tertiary/aromatic N) is 4. The lowest BCUT2D eigenvalue weighted by Crippen LogP contribution is -2.24. The summed E-state index contributed by atoms with van der Waals surface area (Å²) in [5.74, 6) is 0.573. The second-order valence-electron chi connectivity index (χ2n) is 4.23. The first-order valence-corrected chi connectivity index (χ1v) is 6.19. The molecule has 0 radical (unpaired) electrons. The van der Waals surface area contributed by atoms with E-state index in [9.17, 15) is 4.79 Å². The molecule has 0 spiro atoms. The van der Waals surface area contributed by atoms with Gasteiger partial charge in [-0.25, -0.2) is 15.0 Å². The third-order valence-corrected chi connectivity index (χ3v) is 2.94. The van der Waals surface area contributed by atoms with Crippen LogP contribution in [0.5, 0.6) is 0 Å². The zero-order valence-electron chi connectivity index (χ0n) is 10.7. The Balaban J connectivity index is 2.38. The van der Waals surface area contributed by atoms with Crippen LogP contribution in [0.4, 0.5) is 0 Å². The predicted octanol–water partition coefficient (Wildman–Crippen LogP) is 2.04. The molecule has 0 saturated heterocycles.